The van der Waals surface area contributed by atoms with E-state index in [1.54, 1.807) is 17.0 Å². The highest BCUT2D eigenvalue weighted by Gasteiger charge is 2.23. The van der Waals surface area contributed by atoms with Crippen LogP contribution < -0.4 is 5.56 Å². The molecule has 0 aliphatic carbocycles. The van der Waals surface area contributed by atoms with E-state index in [4.69, 9.17) is 9.47 Å². The standard InChI is InChI=1S/C13H15N3O4/c1-19-13(18)10-7-16(5-8-3-2-4-20-8)6-9-11(10)14-15-12(9)17/h6-8H,2-5H2,1H3,(H,15,17). The highest BCUT2D eigenvalue weighted by Crippen LogP contribution is 2.22. The van der Waals surface area contributed by atoms with Crippen molar-refractivity contribution in [2.24, 2.45) is 0 Å². The third-order valence-electron chi connectivity index (χ3n) is 3.46. The van der Waals surface area contributed by atoms with Crippen molar-refractivity contribution < 1.29 is 14.3 Å². The number of aromatic nitrogens is 3. The van der Waals surface area contributed by atoms with Gasteiger partial charge in [0.1, 0.15) is 11.3 Å². The second-order valence-electron chi connectivity index (χ2n) is 4.81. The molecule has 0 spiro atoms. The van der Waals surface area contributed by atoms with Crippen molar-refractivity contribution in [2.75, 3.05) is 13.7 Å². The van der Waals surface area contributed by atoms with Crippen LogP contribution in [0.5, 0.6) is 0 Å². The molecule has 3 rings (SSSR count). The minimum atomic E-state index is -0.511. The molecule has 0 radical (unpaired) electrons. The maximum atomic E-state index is 11.8. The van der Waals surface area contributed by atoms with E-state index in [0.29, 0.717) is 17.8 Å². The summed E-state index contributed by atoms with van der Waals surface area (Å²) in [6.45, 7) is 1.36. The number of nitrogens with one attached hydrogen (secondary N) is 1. The SMILES string of the molecule is COC(=O)c1cn(CC2CCCO2)cc2c(=O)[nH]nc1-2. The first-order chi connectivity index (χ1) is 9.69. The predicted molar refractivity (Wildman–Crippen MR) is 69.8 cm³/mol. The summed E-state index contributed by atoms with van der Waals surface area (Å²) in [7, 11) is 1.30. The Kier molecular flexibility index (Phi) is 3.27. The topological polar surface area (TPSA) is 86.2 Å². The van der Waals surface area contributed by atoms with Gasteiger partial charge in [0.15, 0.2) is 0 Å². The molecule has 1 N–H and O–H groups in total. The maximum absolute atomic E-state index is 11.8. The lowest BCUT2D eigenvalue weighted by molar-refractivity contribution is 0.0598. The molecule has 1 unspecified atom stereocenters. The number of hydrogen-bond acceptors (Lipinski definition) is 5. The van der Waals surface area contributed by atoms with Crippen molar-refractivity contribution in [1.29, 1.82) is 0 Å². The first-order valence-electron chi connectivity index (χ1n) is 6.47. The van der Waals surface area contributed by atoms with Gasteiger partial charge in [0, 0.05) is 25.5 Å². The van der Waals surface area contributed by atoms with Crippen LogP contribution in [0.4, 0.5) is 0 Å². The molecule has 106 valence electrons. The number of carbonyl (C=O) groups is 1. The molecule has 0 aromatic heterocycles. The van der Waals surface area contributed by atoms with Crippen LogP contribution in [-0.2, 0) is 16.0 Å². The molecule has 0 aromatic carbocycles. The lowest BCUT2D eigenvalue weighted by Gasteiger charge is -2.15. The highest BCUT2D eigenvalue weighted by atomic mass is 16.5. The Hall–Kier alpha value is -2.15. The van der Waals surface area contributed by atoms with Crippen molar-refractivity contribution in [1.82, 2.24) is 14.8 Å². The molecule has 7 nitrogen and oxygen atoms in total. The summed E-state index contributed by atoms with van der Waals surface area (Å²) < 4.78 is 12.1. The Morgan fingerprint density at radius 1 is 1.60 bits per heavy atom. The number of pyridine rings is 1. The Bertz CT molecular complexity index is 654. The fraction of sp³-hybridized carbons (Fsp3) is 0.462. The molecule has 20 heavy (non-hydrogen) atoms. The summed E-state index contributed by atoms with van der Waals surface area (Å²) in [5.41, 5.74) is 0.685. The maximum Gasteiger partial charge on any atom is 0.341 e. The molecular formula is C13H15N3O4. The van der Waals surface area contributed by atoms with E-state index in [1.165, 1.54) is 7.11 Å². The number of hydrogen-bond donors (Lipinski definition) is 1. The van der Waals surface area contributed by atoms with Crippen LogP contribution in [0.25, 0.3) is 11.3 Å². The summed E-state index contributed by atoms with van der Waals surface area (Å²) in [6.07, 6.45) is 5.47. The average molecular weight is 277 g/mol. The lowest BCUT2D eigenvalue weighted by Crippen LogP contribution is -2.18. The van der Waals surface area contributed by atoms with Crippen molar-refractivity contribution >= 4 is 5.97 Å². The number of methoxy groups -OCH3 is 1. The van der Waals surface area contributed by atoms with Crippen LogP contribution in [0.2, 0.25) is 0 Å². The van der Waals surface area contributed by atoms with Crippen molar-refractivity contribution in [3.63, 3.8) is 0 Å². The van der Waals surface area contributed by atoms with Crippen LogP contribution in [0.1, 0.15) is 23.2 Å². The van der Waals surface area contributed by atoms with Crippen LogP contribution in [0, 0.1) is 0 Å². The molecule has 1 saturated heterocycles. The van der Waals surface area contributed by atoms with E-state index in [2.05, 4.69) is 10.2 Å². The highest BCUT2D eigenvalue weighted by molar-refractivity contribution is 5.95. The van der Waals surface area contributed by atoms with E-state index in [-0.39, 0.29) is 17.2 Å². The summed E-state index contributed by atoms with van der Waals surface area (Å²) in [4.78, 5) is 23.5. The molecule has 0 aromatic rings. The van der Waals surface area contributed by atoms with Crippen LogP contribution in [-0.4, -0.2) is 40.6 Å². The van der Waals surface area contributed by atoms with E-state index in [9.17, 15) is 9.59 Å². The van der Waals surface area contributed by atoms with Gasteiger partial charge in [-0.15, -0.1) is 0 Å². The molecule has 0 amide bonds. The van der Waals surface area contributed by atoms with E-state index in [0.717, 1.165) is 19.4 Å². The number of nitrogens with zero attached hydrogens (tertiary/aromatic N) is 2. The summed E-state index contributed by atoms with van der Waals surface area (Å²) in [5.74, 6) is -0.511. The quantitative estimate of drug-likeness (QED) is 0.832. The van der Waals surface area contributed by atoms with Crippen LogP contribution in [0.3, 0.4) is 0 Å². The smallest absolute Gasteiger partial charge is 0.341 e. The Labute approximate surface area is 114 Å². The zero-order valence-electron chi connectivity index (χ0n) is 11.1. The summed E-state index contributed by atoms with van der Waals surface area (Å²) in [5, 5.41) is 6.24. The number of H-pyrrole nitrogens is 1. The normalized spacial score (nSPS) is 18.6. The number of esters is 1. The molecule has 1 atom stereocenters. The fourth-order valence-corrected chi connectivity index (χ4v) is 2.48. The van der Waals surface area contributed by atoms with Gasteiger partial charge in [-0.2, -0.15) is 5.10 Å². The number of ether oxygens (including phenoxy) is 2. The molecular weight excluding hydrogens is 262 g/mol. The Balaban J connectivity index is 2.03. The van der Waals surface area contributed by atoms with Gasteiger partial charge in [0.05, 0.1) is 18.8 Å². The van der Waals surface area contributed by atoms with Crippen molar-refractivity contribution in [3.05, 3.63) is 28.3 Å². The molecule has 3 heterocycles. The summed E-state index contributed by atoms with van der Waals surface area (Å²) >= 11 is 0. The van der Waals surface area contributed by atoms with Gasteiger partial charge >= 0.3 is 5.97 Å². The number of aromatic amines is 1. The third kappa shape index (κ3) is 2.20. The Morgan fingerprint density at radius 2 is 2.45 bits per heavy atom. The van der Waals surface area contributed by atoms with Gasteiger partial charge in [-0.1, -0.05) is 0 Å². The first kappa shape index (κ1) is 12.9. The molecule has 0 bridgehead atoms. The number of fused-ring (bicyclic) bond motifs is 1. The van der Waals surface area contributed by atoms with Crippen molar-refractivity contribution in [3.8, 4) is 11.3 Å². The van der Waals surface area contributed by atoms with Gasteiger partial charge < -0.3 is 14.0 Å². The van der Waals surface area contributed by atoms with Gasteiger partial charge in [0.25, 0.3) is 5.56 Å². The lowest BCUT2D eigenvalue weighted by atomic mass is 10.1. The van der Waals surface area contributed by atoms with Crippen LogP contribution >= 0.6 is 0 Å². The zero-order valence-corrected chi connectivity index (χ0v) is 11.1. The molecule has 3 aliphatic heterocycles. The van der Waals surface area contributed by atoms with E-state index >= 15 is 0 Å². The fourth-order valence-electron chi connectivity index (χ4n) is 2.48. The average Bonchev–Trinajstić information content (AvgIpc) is 3.08. The van der Waals surface area contributed by atoms with Gasteiger partial charge in [-0.25, -0.2) is 9.89 Å². The zero-order chi connectivity index (χ0) is 14.1. The second kappa shape index (κ2) is 5.09. The van der Waals surface area contributed by atoms with Gasteiger partial charge in [0.2, 0.25) is 0 Å². The molecule has 0 saturated carbocycles. The van der Waals surface area contributed by atoms with E-state index < -0.39 is 5.97 Å². The minimum absolute atomic E-state index is 0.116. The van der Waals surface area contributed by atoms with Gasteiger partial charge in [-0.05, 0) is 12.8 Å². The Morgan fingerprint density at radius 3 is 3.15 bits per heavy atom. The second-order valence-corrected chi connectivity index (χ2v) is 4.81. The van der Waals surface area contributed by atoms with Gasteiger partial charge in [-0.3, -0.25) is 4.79 Å². The predicted octanol–water partition coefficient (Wildman–Crippen LogP) is 0.642. The number of rotatable bonds is 3. The first-order valence-corrected chi connectivity index (χ1v) is 6.47. The minimum Gasteiger partial charge on any atom is -0.465 e. The largest absolute Gasteiger partial charge is 0.465 e. The monoisotopic (exact) mass is 277 g/mol. The van der Waals surface area contributed by atoms with Crippen LogP contribution in [0.15, 0.2) is 17.2 Å². The molecule has 1 fully saturated rings. The van der Waals surface area contributed by atoms with Crippen molar-refractivity contribution in [2.45, 2.75) is 25.5 Å². The molecule has 7 heteroatoms. The summed E-state index contributed by atoms with van der Waals surface area (Å²) in [6, 6.07) is 0. The third-order valence-corrected chi connectivity index (χ3v) is 3.46. The number of carbonyl (C=O) groups excluding carboxylic acids is 1. The molecule has 3 aliphatic rings. The van der Waals surface area contributed by atoms with E-state index in [1.807, 2.05) is 0 Å².